The van der Waals surface area contributed by atoms with E-state index in [4.69, 9.17) is 4.74 Å². The molecule has 1 rings (SSSR count). The van der Waals surface area contributed by atoms with Gasteiger partial charge in [-0.1, -0.05) is 0 Å². The quantitative estimate of drug-likeness (QED) is 0.641. The Morgan fingerprint density at radius 3 is 3.06 bits per heavy atom. The first-order chi connectivity index (χ1) is 7.77. The van der Waals surface area contributed by atoms with E-state index in [2.05, 4.69) is 10.6 Å². The van der Waals surface area contributed by atoms with Gasteiger partial charge in [0.2, 0.25) is 5.91 Å². The van der Waals surface area contributed by atoms with Gasteiger partial charge < -0.3 is 19.9 Å². The van der Waals surface area contributed by atoms with Crippen LogP contribution in [0.3, 0.4) is 0 Å². The lowest BCUT2D eigenvalue weighted by molar-refractivity contribution is -0.121. The Morgan fingerprint density at radius 2 is 2.38 bits per heavy atom. The van der Waals surface area contributed by atoms with Crippen LogP contribution in [0.15, 0.2) is 18.3 Å². The molecule has 1 amide bonds. The highest BCUT2D eigenvalue weighted by molar-refractivity contribution is 5.75. The maximum Gasteiger partial charge on any atom is 0.240 e. The Labute approximate surface area is 95.8 Å². The number of carbonyl (C=O) groups excluding carboxylic acids is 1. The zero-order valence-electron chi connectivity index (χ0n) is 9.82. The number of aromatic nitrogens is 1. The molecule has 0 atom stereocenters. The second kappa shape index (κ2) is 7.03. The van der Waals surface area contributed by atoms with Gasteiger partial charge >= 0.3 is 0 Å². The first kappa shape index (κ1) is 12.7. The van der Waals surface area contributed by atoms with Gasteiger partial charge in [0.1, 0.15) is 6.54 Å². The third kappa shape index (κ3) is 4.04. The smallest absolute Gasteiger partial charge is 0.240 e. The van der Waals surface area contributed by atoms with E-state index in [-0.39, 0.29) is 5.91 Å². The summed E-state index contributed by atoms with van der Waals surface area (Å²) < 4.78 is 6.79. The lowest BCUT2D eigenvalue weighted by Gasteiger charge is -2.09. The average molecular weight is 225 g/mol. The summed E-state index contributed by atoms with van der Waals surface area (Å²) in [4.78, 5) is 11.5. The predicted molar refractivity (Wildman–Crippen MR) is 62.1 cm³/mol. The Hall–Kier alpha value is -1.33. The summed E-state index contributed by atoms with van der Waals surface area (Å²) in [5.41, 5.74) is 1.10. The minimum absolute atomic E-state index is 0.00519. The molecule has 5 nitrogen and oxygen atoms in total. The maximum absolute atomic E-state index is 11.5. The lowest BCUT2D eigenvalue weighted by atomic mass is 10.4. The van der Waals surface area contributed by atoms with E-state index < -0.39 is 0 Å². The molecule has 0 aliphatic heterocycles. The number of nitrogens with one attached hydrogen (secondary N) is 2. The SMILES string of the molecule is CNCc1cccn1CC(=O)NCCOC. The molecule has 0 saturated carbocycles. The van der Waals surface area contributed by atoms with Gasteiger partial charge in [-0.15, -0.1) is 0 Å². The van der Waals surface area contributed by atoms with Crippen molar-refractivity contribution in [2.75, 3.05) is 27.3 Å². The summed E-state index contributed by atoms with van der Waals surface area (Å²) >= 11 is 0. The summed E-state index contributed by atoms with van der Waals surface area (Å²) in [6.07, 6.45) is 1.91. The van der Waals surface area contributed by atoms with Crippen LogP contribution in [0.25, 0.3) is 0 Å². The van der Waals surface area contributed by atoms with Crippen molar-refractivity contribution in [3.63, 3.8) is 0 Å². The molecule has 0 bridgehead atoms. The Kier molecular flexibility index (Phi) is 5.60. The number of carbonyl (C=O) groups is 1. The zero-order chi connectivity index (χ0) is 11.8. The van der Waals surface area contributed by atoms with Crippen LogP contribution in [0.2, 0.25) is 0 Å². The molecule has 0 fully saturated rings. The molecule has 0 radical (unpaired) electrons. The molecule has 5 heteroatoms. The van der Waals surface area contributed by atoms with Crippen molar-refractivity contribution in [2.45, 2.75) is 13.1 Å². The first-order valence-corrected chi connectivity index (χ1v) is 5.32. The van der Waals surface area contributed by atoms with Gasteiger partial charge in [0.25, 0.3) is 0 Å². The molecule has 2 N–H and O–H groups in total. The van der Waals surface area contributed by atoms with Crippen molar-refractivity contribution in [2.24, 2.45) is 0 Å². The number of nitrogens with zero attached hydrogens (tertiary/aromatic N) is 1. The average Bonchev–Trinajstić information content (AvgIpc) is 2.67. The van der Waals surface area contributed by atoms with E-state index in [1.165, 1.54) is 0 Å². The summed E-state index contributed by atoms with van der Waals surface area (Å²) in [6.45, 7) is 2.21. The van der Waals surface area contributed by atoms with Gasteiger partial charge in [0, 0.05) is 32.1 Å². The van der Waals surface area contributed by atoms with Crippen LogP contribution in [-0.4, -0.2) is 37.8 Å². The molecule has 16 heavy (non-hydrogen) atoms. The minimum atomic E-state index is 0.00519. The number of hydrogen-bond acceptors (Lipinski definition) is 3. The number of rotatable bonds is 7. The van der Waals surface area contributed by atoms with Crippen LogP contribution in [0, 0.1) is 0 Å². The predicted octanol–water partition coefficient (Wildman–Crippen LogP) is -0.0299. The molecule has 90 valence electrons. The topological polar surface area (TPSA) is 55.3 Å². The first-order valence-electron chi connectivity index (χ1n) is 5.32. The van der Waals surface area contributed by atoms with Gasteiger partial charge in [0.15, 0.2) is 0 Å². The van der Waals surface area contributed by atoms with Crippen LogP contribution in [0.1, 0.15) is 5.69 Å². The molecule has 1 aromatic rings. The lowest BCUT2D eigenvalue weighted by Crippen LogP contribution is -2.30. The van der Waals surface area contributed by atoms with E-state index in [1.54, 1.807) is 7.11 Å². The van der Waals surface area contributed by atoms with Crippen molar-refractivity contribution in [3.8, 4) is 0 Å². The van der Waals surface area contributed by atoms with E-state index in [0.717, 1.165) is 12.2 Å². The van der Waals surface area contributed by atoms with E-state index in [0.29, 0.717) is 19.7 Å². The van der Waals surface area contributed by atoms with Crippen molar-refractivity contribution < 1.29 is 9.53 Å². The highest BCUT2D eigenvalue weighted by Gasteiger charge is 2.04. The summed E-state index contributed by atoms with van der Waals surface area (Å²) in [7, 11) is 3.50. The fourth-order valence-corrected chi connectivity index (χ4v) is 1.45. The van der Waals surface area contributed by atoms with Gasteiger partial charge in [-0.25, -0.2) is 0 Å². The van der Waals surface area contributed by atoms with Crippen LogP contribution in [0.5, 0.6) is 0 Å². The molecule has 0 aliphatic rings. The summed E-state index contributed by atoms with van der Waals surface area (Å²) in [5, 5.41) is 5.85. The molecule has 1 heterocycles. The third-order valence-corrected chi connectivity index (χ3v) is 2.22. The zero-order valence-corrected chi connectivity index (χ0v) is 9.82. The number of ether oxygens (including phenoxy) is 1. The largest absolute Gasteiger partial charge is 0.383 e. The summed E-state index contributed by atoms with van der Waals surface area (Å²) in [6, 6.07) is 3.94. The molecule has 1 aromatic heterocycles. The standard InChI is InChI=1S/C11H19N3O2/c1-12-8-10-4-3-6-14(10)9-11(15)13-5-7-16-2/h3-4,6,12H,5,7-9H2,1-2H3,(H,13,15). The molecule has 0 saturated heterocycles. The normalized spacial score (nSPS) is 10.4. The van der Waals surface area contributed by atoms with E-state index in [9.17, 15) is 4.79 Å². The molecule has 0 aliphatic carbocycles. The fraction of sp³-hybridized carbons (Fsp3) is 0.545. The van der Waals surface area contributed by atoms with Crippen molar-refractivity contribution in [3.05, 3.63) is 24.0 Å². The van der Waals surface area contributed by atoms with E-state index >= 15 is 0 Å². The molecule has 0 unspecified atom stereocenters. The third-order valence-electron chi connectivity index (χ3n) is 2.22. The molecular formula is C11H19N3O2. The van der Waals surface area contributed by atoms with Crippen molar-refractivity contribution in [1.82, 2.24) is 15.2 Å². The summed E-state index contributed by atoms with van der Waals surface area (Å²) in [5.74, 6) is 0.00519. The second-order valence-corrected chi connectivity index (χ2v) is 3.50. The number of methoxy groups -OCH3 is 1. The van der Waals surface area contributed by atoms with Crippen LogP contribution in [0.4, 0.5) is 0 Å². The monoisotopic (exact) mass is 225 g/mol. The van der Waals surface area contributed by atoms with Crippen molar-refractivity contribution >= 4 is 5.91 Å². The van der Waals surface area contributed by atoms with Crippen molar-refractivity contribution in [1.29, 1.82) is 0 Å². The Morgan fingerprint density at radius 1 is 1.56 bits per heavy atom. The second-order valence-electron chi connectivity index (χ2n) is 3.50. The number of hydrogen-bond donors (Lipinski definition) is 2. The van der Waals surface area contributed by atoms with Crippen LogP contribution in [-0.2, 0) is 22.6 Å². The van der Waals surface area contributed by atoms with Crippen LogP contribution < -0.4 is 10.6 Å². The highest BCUT2D eigenvalue weighted by atomic mass is 16.5. The van der Waals surface area contributed by atoms with Gasteiger partial charge in [-0.3, -0.25) is 4.79 Å². The van der Waals surface area contributed by atoms with E-state index in [1.807, 2.05) is 29.9 Å². The number of amides is 1. The van der Waals surface area contributed by atoms with Gasteiger partial charge in [-0.2, -0.15) is 0 Å². The highest BCUT2D eigenvalue weighted by Crippen LogP contribution is 2.01. The van der Waals surface area contributed by atoms with Crippen LogP contribution >= 0.6 is 0 Å². The fourth-order valence-electron chi connectivity index (χ4n) is 1.45. The molecular weight excluding hydrogens is 206 g/mol. The minimum Gasteiger partial charge on any atom is -0.383 e. The Balaban J connectivity index is 2.39. The van der Waals surface area contributed by atoms with Gasteiger partial charge in [0.05, 0.1) is 6.61 Å². The molecule has 0 aromatic carbocycles. The molecule has 0 spiro atoms. The van der Waals surface area contributed by atoms with Gasteiger partial charge in [-0.05, 0) is 19.2 Å². The maximum atomic E-state index is 11.5. The Bertz CT molecular complexity index is 323.